The lowest BCUT2D eigenvalue weighted by Crippen LogP contribution is -2.39. The first kappa shape index (κ1) is 23.5. The van der Waals surface area contributed by atoms with Crippen LogP contribution in [0.15, 0.2) is 24.5 Å². The van der Waals surface area contributed by atoms with Crippen LogP contribution in [0.4, 0.5) is 8.78 Å². The summed E-state index contributed by atoms with van der Waals surface area (Å²) in [5, 5.41) is 8.10. The molecule has 3 aromatic rings. The van der Waals surface area contributed by atoms with Gasteiger partial charge in [-0.15, -0.1) is 11.3 Å². The van der Waals surface area contributed by atoms with Gasteiger partial charge in [0.15, 0.2) is 4.88 Å². The number of thiazole rings is 1. The SMILES string of the molecule is NC(=O)c1sc(C2CC2)nc1O[C@H]1CC[C@H](NC(=O)c2cnn3cc(OCC(F)F)ccc23)CC1. The van der Waals surface area contributed by atoms with Gasteiger partial charge in [-0.25, -0.2) is 18.3 Å². The minimum absolute atomic E-state index is 0.0287. The van der Waals surface area contributed by atoms with Crippen molar-refractivity contribution in [3.8, 4) is 11.6 Å². The number of aromatic nitrogens is 3. The van der Waals surface area contributed by atoms with Gasteiger partial charge in [-0.1, -0.05) is 0 Å². The molecule has 2 aliphatic carbocycles. The summed E-state index contributed by atoms with van der Waals surface area (Å²) < 4.78 is 37.2. The highest BCUT2D eigenvalue weighted by atomic mass is 32.1. The summed E-state index contributed by atoms with van der Waals surface area (Å²) in [6.07, 6.45) is 5.24. The van der Waals surface area contributed by atoms with Crippen LogP contribution in [0.2, 0.25) is 0 Å². The van der Waals surface area contributed by atoms with Crippen molar-refractivity contribution in [3.63, 3.8) is 0 Å². The standard InChI is InChI=1S/C23H25F2N5O4S/c24-18(25)11-33-15-7-8-17-16(9-27-30(17)10-15)21(32)28-13-3-5-14(6-4-13)34-22-19(20(26)31)35-23(29-22)12-1-2-12/h7-10,12-14,18H,1-6,11H2,(H2,26,31)(H,28,32)/t13-,14-. The maximum atomic E-state index is 12.9. The summed E-state index contributed by atoms with van der Waals surface area (Å²) >= 11 is 1.32. The normalized spacial score (nSPS) is 20.2. The molecule has 12 heteroatoms. The van der Waals surface area contributed by atoms with Gasteiger partial charge in [-0.3, -0.25) is 9.59 Å². The highest BCUT2D eigenvalue weighted by Crippen LogP contribution is 2.44. The lowest BCUT2D eigenvalue weighted by molar-refractivity contribution is 0.0816. The summed E-state index contributed by atoms with van der Waals surface area (Å²) in [4.78, 5) is 29.6. The van der Waals surface area contributed by atoms with Gasteiger partial charge in [0, 0.05) is 12.0 Å². The molecule has 0 unspecified atom stereocenters. The third kappa shape index (κ3) is 5.37. The van der Waals surface area contributed by atoms with E-state index >= 15 is 0 Å². The molecule has 5 rings (SSSR count). The van der Waals surface area contributed by atoms with Gasteiger partial charge in [0.05, 0.1) is 23.5 Å². The average Bonchev–Trinajstić information content (AvgIpc) is 3.46. The fraction of sp³-hybridized carbons (Fsp3) is 0.478. The molecule has 0 aliphatic heterocycles. The molecule has 9 nitrogen and oxygen atoms in total. The zero-order chi connectivity index (χ0) is 24.5. The Hall–Kier alpha value is -3.28. The number of nitrogens with zero attached hydrogens (tertiary/aromatic N) is 3. The van der Waals surface area contributed by atoms with Crippen LogP contribution < -0.4 is 20.5 Å². The Morgan fingerprint density at radius 1 is 1.20 bits per heavy atom. The van der Waals surface area contributed by atoms with E-state index in [1.165, 1.54) is 34.3 Å². The molecule has 0 bridgehead atoms. The minimum atomic E-state index is -2.57. The Kier molecular flexibility index (Phi) is 6.54. The Labute approximate surface area is 203 Å². The third-order valence-electron chi connectivity index (χ3n) is 6.16. The first-order valence-electron chi connectivity index (χ1n) is 11.5. The van der Waals surface area contributed by atoms with E-state index in [9.17, 15) is 18.4 Å². The molecular weight excluding hydrogens is 480 g/mol. The summed E-state index contributed by atoms with van der Waals surface area (Å²) in [6.45, 7) is -0.708. The number of nitrogens with one attached hydrogen (secondary N) is 1. The maximum Gasteiger partial charge on any atom is 0.272 e. The molecule has 35 heavy (non-hydrogen) atoms. The Bertz CT molecular complexity index is 1230. The highest BCUT2D eigenvalue weighted by Gasteiger charge is 2.32. The number of pyridine rings is 1. The van der Waals surface area contributed by atoms with Crippen LogP contribution in [0.1, 0.15) is 69.5 Å². The number of ether oxygens (including phenoxy) is 2. The van der Waals surface area contributed by atoms with Crippen molar-refractivity contribution in [1.82, 2.24) is 19.9 Å². The number of fused-ring (bicyclic) bond motifs is 1. The van der Waals surface area contributed by atoms with Crippen molar-refractivity contribution in [2.45, 2.75) is 63.0 Å². The molecule has 0 saturated heterocycles. The van der Waals surface area contributed by atoms with Gasteiger partial charge in [0.25, 0.3) is 18.2 Å². The summed E-state index contributed by atoms with van der Waals surface area (Å²) in [6, 6.07) is 3.12. The van der Waals surface area contributed by atoms with Crippen LogP contribution in [-0.2, 0) is 0 Å². The molecule has 0 aromatic carbocycles. The lowest BCUT2D eigenvalue weighted by Gasteiger charge is -2.29. The average molecular weight is 506 g/mol. The summed E-state index contributed by atoms with van der Waals surface area (Å²) in [7, 11) is 0. The maximum absolute atomic E-state index is 12.9. The predicted molar refractivity (Wildman–Crippen MR) is 123 cm³/mol. The molecule has 2 fully saturated rings. The number of hydrogen-bond donors (Lipinski definition) is 2. The van der Waals surface area contributed by atoms with Gasteiger partial charge < -0.3 is 20.5 Å². The second kappa shape index (κ2) is 9.76. The summed E-state index contributed by atoms with van der Waals surface area (Å²) in [5.41, 5.74) is 6.46. The number of alkyl halides is 2. The monoisotopic (exact) mass is 505 g/mol. The Balaban J connectivity index is 1.16. The molecule has 2 aliphatic rings. The van der Waals surface area contributed by atoms with Gasteiger partial charge >= 0.3 is 0 Å². The molecule has 186 valence electrons. The van der Waals surface area contributed by atoms with Crippen LogP contribution in [0.3, 0.4) is 0 Å². The fourth-order valence-electron chi connectivity index (χ4n) is 4.19. The van der Waals surface area contributed by atoms with Crippen molar-refractivity contribution in [2.24, 2.45) is 5.73 Å². The molecule has 2 amide bonds. The number of hydrogen-bond acceptors (Lipinski definition) is 7. The van der Waals surface area contributed by atoms with Crippen LogP contribution in [0.25, 0.3) is 5.52 Å². The molecule has 3 heterocycles. The van der Waals surface area contributed by atoms with Crippen molar-refractivity contribution >= 4 is 28.7 Å². The smallest absolute Gasteiger partial charge is 0.272 e. The van der Waals surface area contributed by atoms with E-state index in [2.05, 4.69) is 15.4 Å². The zero-order valence-corrected chi connectivity index (χ0v) is 19.6. The lowest BCUT2D eigenvalue weighted by atomic mass is 9.92. The Morgan fingerprint density at radius 2 is 1.97 bits per heavy atom. The van der Waals surface area contributed by atoms with Crippen molar-refractivity contribution < 1.29 is 27.8 Å². The highest BCUT2D eigenvalue weighted by molar-refractivity contribution is 7.14. The van der Waals surface area contributed by atoms with E-state index in [1.807, 2.05) is 0 Å². The van der Waals surface area contributed by atoms with Gasteiger partial charge in [0.2, 0.25) is 5.88 Å². The topological polar surface area (TPSA) is 121 Å². The molecule has 3 N–H and O–H groups in total. The Morgan fingerprint density at radius 3 is 2.66 bits per heavy atom. The van der Waals surface area contributed by atoms with Crippen LogP contribution in [0.5, 0.6) is 11.6 Å². The van der Waals surface area contributed by atoms with E-state index in [1.54, 1.807) is 6.07 Å². The van der Waals surface area contributed by atoms with Crippen molar-refractivity contribution in [1.29, 1.82) is 0 Å². The van der Waals surface area contributed by atoms with E-state index in [0.29, 0.717) is 53.4 Å². The van der Waals surface area contributed by atoms with E-state index in [0.717, 1.165) is 17.8 Å². The molecule has 2 saturated carbocycles. The van der Waals surface area contributed by atoms with Gasteiger partial charge in [-0.2, -0.15) is 5.10 Å². The van der Waals surface area contributed by atoms with Gasteiger partial charge in [0.1, 0.15) is 23.5 Å². The van der Waals surface area contributed by atoms with Crippen molar-refractivity contribution in [3.05, 3.63) is 40.0 Å². The van der Waals surface area contributed by atoms with E-state index in [-0.39, 0.29) is 23.8 Å². The minimum Gasteiger partial charge on any atom is -0.486 e. The molecule has 3 aromatic heterocycles. The van der Waals surface area contributed by atoms with E-state index in [4.69, 9.17) is 15.2 Å². The third-order valence-corrected chi connectivity index (χ3v) is 7.37. The van der Waals surface area contributed by atoms with Crippen LogP contribution in [0, 0.1) is 0 Å². The van der Waals surface area contributed by atoms with E-state index < -0.39 is 18.9 Å². The number of amides is 2. The zero-order valence-electron chi connectivity index (χ0n) is 18.8. The molecular formula is C23H25F2N5O4S. The number of nitrogens with two attached hydrogens (primary N) is 1. The number of carbonyl (C=O) groups excluding carboxylic acids is 2. The molecule has 0 spiro atoms. The second-order valence-corrected chi connectivity index (χ2v) is 9.88. The number of carbonyl (C=O) groups is 2. The van der Waals surface area contributed by atoms with Crippen LogP contribution in [-0.4, -0.2) is 51.6 Å². The number of halogens is 2. The largest absolute Gasteiger partial charge is 0.486 e. The van der Waals surface area contributed by atoms with Gasteiger partial charge in [-0.05, 0) is 50.7 Å². The summed E-state index contributed by atoms with van der Waals surface area (Å²) in [5.74, 6) is 0.218. The predicted octanol–water partition coefficient (Wildman–Crippen LogP) is 3.53. The second-order valence-electron chi connectivity index (χ2n) is 8.84. The number of primary amides is 1. The first-order valence-corrected chi connectivity index (χ1v) is 12.4. The molecule has 0 radical (unpaired) electrons. The quantitative estimate of drug-likeness (QED) is 0.459. The van der Waals surface area contributed by atoms with Crippen molar-refractivity contribution in [2.75, 3.05) is 6.61 Å². The number of rotatable bonds is 9. The molecule has 0 atom stereocenters. The first-order chi connectivity index (χ1) is 16.9. The fourth-order valence-corrected chi connectivity index (χ4v) is 5.21. The van der Waals surface area contributed by atoms with Crippen LogP contribution >= 0.6 is 11.3 Å².